The highest BCUT2D eigenvalue weighted by Crippen LogP contribution is 2.19. The molecule has 20 heavy (non-hydrogen) atoms. The predicted molar refractivity (Wildman–Crippen MR) is 91.9 cm³/mol. The molecule has 1 aromatic carbocycles. The average molecular weight is 356 g/mol. The van der Waals surface area contributed by atoms with E-state index in [2.05, 4.69) is 63.8 Å². The highest BCUT2D eigenvalue weighted by Gasteiger charge is 2.32. The largest absolute Gasteiger partial charge is 0.392 e. The summed E-state index contributed by atoms with van der Waals surface area (Å²) in [7, 11) is 0. The standard InChI is InChI=1S/C15H22BrN3S/c1-15(2,14(17)20)19-9-7-18(8-10-19)11-12-3-5-13(16)6-4-12/h3-6H,7-11H2,1-2H3,(H2,17,20). The van der Waals surface area contributed by atoms with Crippen LogP contribution in [-0.2, 0) is 6.54 Å². The van der Waals surface area contributed by atoms with Crippen LogP contribution in [0.1, 0.15) is 19.4 Å². The first-order chi connectivity index (χ1) is 9.39. The van der Waals surface area contributed by atoms with Gasteiger partial charge >= 0.3 is 0 Å². The second-order valence-corrected chi connectivity index (χ2v) is 7.17. The topological polar surface area (TPSA) is 32.5 Å². The summed E-state index contributed by atoms with van der Waals surface area (Å²) in [6.45, 7) is 9.38. The van der Waals surface area contributed by atoms with Gasteiger partial charge in [-0.3, -0.25) is 9.80 Å². The van der Waals surface area contributed by atoms with Gasteiger partial charge in [-0.2, -0.15) is 0 Å². The molecule has 1 aliphatic rings. The van der Waals surface area contributed by atoms with Crippen molar-refractivity contribution in [2.45, 2.75) is 25.9 Å². The highest BCUT2D eigenvalue weighted by atomic mass is 79.9. The Labute approximate surface area is 135 Å². The van der Waals surface area contributed by atoms with Gasteiger partial charge in [0.2, 0.25) is 0 Å². The molecule has 1 aliphatic heterocycles. The number of thiocarbonyl (C=S) groups is 1. The monoisotopic (exact) mass is 355 g/mol. The first-order valence-electron chi connectivity index (χ1n) is 6.91. The summed E-state index contributed by atoms with van der Waals surface area (Å²) in [6, 6.07) is 8.55. The number of nitrogens with zero attached hydrogens (tertiary/aromatic N) is 2. The van der Waals surface area contributed by atoms with Crippen LogP contribution < -0.4 is 5.73 Å². The molecular weight excluding hydrogens is 334 g/mol. The minimum Gasteiger partial charge on any atom is -0.392 e. The number of hydrogen-bond acceptors (Lipinski definition) is 3. The molecule has 0 saturated carbocycles. The molecule has 1 fully saturated rings. The summed E-state index contributed by atoms with van der Waals surface area (Å²) in [4.78, 5) is 5.45. The van der Waals surface area contributed by atoms with Crippen LogP contribution >= 0.6 is 28.1 Å². The number of benzene rings is 1. The third kappa shape index (κ3) is 3.79. The van der Waals surface area contributed by atoms with Crippen molar-refractivity contribution in [2.24, 2.45) is 5.73 Å². The van der Waals surface area contributed by atoms with Crippen LogP contribution in [0, 0.1) is 0 Å². The summed E-state index contributed by atoms with van der Waals surface area (Å²) >= 11 is 8.65. The quantitative estimate of drug-likeness (QED) is 0.841. The van der Waals surface area contributed by atoms with Gasteiger partial charge in [0.05, 0.1) is 10.5 Å². The Morgan fingerprint density at radius 2 is 1.75 bits per heavy atom. The van der Waals surface area contributed by atoms with Crippen molar-refractivity contribution in [2.75, 3.05) is 26.2 Å². The Morgan fingerprint density at radius 3 is 2.25 bits per heavy atom. The van der Waals surface area contributed by atoms with E-state index in [1.807, 2.05) is 0 Å². The van der Waals surface area contributed by atoms with Gasteiger partial charge in [0.15, 0.2) is 0 Å². The molecule has 0 atom stereocenters. The lowest BCUT2D eigenvalue weighted by Gasteiger charge is -2.43. The van der Waals surface area contributed by atoms with Crippen LogP contribution in [0.3, 0.4) is 0 Å². The fourth-order valence-corrected chi connectivity index (χ4v) is 2.86. The van der Waals surface area contributed by atoms with Crippen molar-refractivity contribution in [1.29, 1.82) is 0 Å². The van der Waals surface area contributed by atoms with Crippen LogP contribution in [0.4, 0.5) is 0 Å². The number of piperazine rings is 1. The van der Waals surface area contributed by atoms with E-state index in [4.69, 9.17) is 18.0 Å². The van der Waals surface area contributed by atoms with Crippen molar-refractivity contribution in [3.63, 3.8) is 0 Å². The van der Waals surface area contributed by atoms with Gasteiger partial charge in [0.25, 0.3) is 0 Å². The Balaban J connectivity index is 1.88. The van der Waals surface area contributed by atoms with E-state index in [-0.39, 0.29) is 5.54 Å². The van der Waals surface area contributed by atoms with Crippen LogP contribution in [-0.4, -0.2) is 46.5 Å². The molecule has 1 heterocycles. The molecule has 0 spiro atoms. The van der Waals surface area contributed by atoms with Gasteiger partial charge in [-0.1, -0.05) is 40.3 Å². The maximum atomic E-state index is 5.85. The van der Waals surface area contributed by atoms with E-state index in [0.717, 1.165) is 37.2 Å². The molecule has 1 aromatic rings. The van der Waals surface area contributed by atoms with Crippen molar-refractivity contribution in [1.82, 2.24) is 9.80 Å². The summed E-state index contributed by atoms with van der Waals surface area (Å²) < 4.78 is 1.13. The average Bonchev–Trinajstić information content (AvgIpc) is 2.42. The fraction of sp³-hybridized carbons (Fsp3) is 0.533. The van der Waals surface area contributed by atoms with E-state index in [0.29, 0.717) is 4.99 Å². The molecule has 0 amide bonds. The van der Waals surface area contributed by atoms with Crippen LogP contribution in [0.5, 0.6) is 0 Å². The van der Waals surface area contributed by atoms with Crippen molar-refractivity contribution < 1.29 is 0 Å². The zero-order valence-electron chi connectivity index (χ0n) is 12.1. The van der Waals surface area contributed by atoms with E-state index < -0.39 is 0 Å². The molecule has 0 unspecified atom stereocenters. The van der Waals surface area contributed by atoms with Crippen LogP contribution in [0.2, 0.25) is 0 Å². The molecule has 1 saturated heterocycles. The molecule has 0 radical (unpaired) electrons. The van der Waals surface area contributed by atoms with Crippen molar-refractivity contribution in [3.05, 3.63) is 34.3 Å². The molecule has 2 N–H and O–H groups in total. The molecular formula is C15H22BrN3S. The maximum absolute atomic E-state index is 5.85. The second kappa shape index (κ2) is 6.52. The number of nitrogens with two attached hydrogens (primary N) is 1. The summed E-state index contributed by atoms with van der Waals surface area (Å²) in [5, 5.41) is 0. The maximum Gasteiger partial charge on any atom is 0.0928 e. The third-order valence-corrected chi connectivity index (χ3v) is 5.11. The number of rotatable bonds is 4. The smallest absolute Gasteiger partial charge is 0.0928 e. The third-order valence-electron chi connectivity index (χ3n) is 4.09. The van der Waals surface area contributed by atoms with E-state index in [1.165, 1.54) is 5.56 Å². The normalized spacial score (nSPS) is 18.1. The minimum atomic E-state index is -0.182. The lowest BCUT2D eigenvalue weighted by Crippen LogP contribution is -2.59. The number of halogens is 1. The summed E-state index contributed by atoms with van der Waals surface area (Å²) in [6.07, 6.45) is 0. The Bertz CT molecular complexity index is 465. The predicted octanol–water partition coefficient (Wildman–Crippen LogP) is 2.63. The van der Waals surface area contributed by atoms with Crippen LogP contribution in [0.25, 0.3) is 0 Å². The highest BCUT2D eigenvalue weighted by molar-refractivity contribution is 9.10. The van der Waals surface area contributed by atoms with Gasteiger partial charge in [0.1, 0.15) is 0 Å². The Hall–Kier alpha value is -0.490. The molecule has 0 aromatic heterocycles. The second-order valence-electron chi connectivity index (χ2n) is 5.81. The van der Waals surface area contributed by atoms with Gasteiger partial charge in [-0.15, -0.1) is 0 Å². The minimum absolute atomic E-state index is 0.182. The van der Waals surface area contributed by atoms with Crippen molar-refractivity contribution in [3.8, 4) is 0 Å². The Kier molecular flexibility index (Phi) is 5.18. The molecule has 2 rings (SSSR count). The molecule has 0 aliphatic carbocycles. The molecule has 3 nitrogen and oxygen atoms in total. The molecule has 5 heteroatoms. The zero-order valence-corrected chi connectivity index (χ0v) is 14.5. The Morgan fingerprint density at radius 1 is 1.20 bits per heavy atom. The number of hydrogen-bond donors (Lipinski definition) is 1. The SMILES string of the molecule is CC(C)(C(N)=S)N1CCN(Cc2ccc(Br)cc2)CC1. The van der Waals surface area contributed by atoms with E-state index in [9.17, 15) is 0 Å². The first-order valence-corrected chi connectivity index (χ1v) is 8.11. The summed E-state index contributed by atoms with van der Waals surface area (Å²) in [5.41, 5.74) is 7.02. The zero-order chi connectivity index (χ0) is 14.8. The lowest BCUT2D eigenvalue weighted by atomic mass is 10.0. The lowest BCUT2D eigenvalue weighted by molar-refractivity contribution is 0.0821. The van der Waals surface area contributed by atoms with Crippen LogP contribution in [0.15, 0.2) is 28.7 Å². The first kappa shape index (κ1) is 15.9. The summed E-state index contributed by atoms with van der Waals surface area (Å²) in [5.74, 6) is 0. The fourth-order valence-electron chi connectivity index (χ4n) is 2.47. The van der Waals surface area contributed by atoms with Gasteiger partial charge in [0, 0.05) is 37.2 Å². The van der Waals surface area contributed by atoms with Crippen molar-refractivity contribution >= 4 is 33.1 Å². The van der Waals surface area contributed by atoms with E-state index >= 15 is 0 Å². The molecule has 110 valence electrons. The van der Waals surface area contributed by atoms with Gasteiger partial charge in [-0.25, -0.2) is 0 Å². The van der Waals surface area contributed by atoms with Gasteiger partial charge < -0.3 is 5.73 Å². The molecule has 0 bridgehead atoms. The van der Waals surface area contributed by atoms with Gasteiger partial charge in [-0.05, 0) is 31.5 Å². The van der Waals surface area contributed by atoms with E-state index in [1.54, 1.807) is 0 Å².